The van der Waals surface area contributed by atoms with Crippen molar-refractivity contribution in [3.63, 3.8) is 0 Å². The van der Waals surface area contributed by atoms with Crippen molar-refractivity contribution < 1.29 is 23.9 Å². The summed E-state index contributed by atoms with van der Waals surface area (Å²) in [6.45, 7) is 5.67. The van der Waals surface area contributed by atoms with Crippen molar-refractivity contribution in [1.82, 2.24) is 4.98 Å². The van der Waals surface area contributed by atoms with Crippen molar-refractivity contribution >= 4 is 34.2 Å². The molecule has 1 aliphatic rings. The van der Waals surface area contributed by atoms with Crippen molar-refractivity contribution in [3.8, 4) is 0 Å². The average Bonchev–Trinajstić information content (AvgIpc) is 3.05. The van der Waals surface area contributed by atoms with Gasteiger partial charge in [0.05, 0.1) is 17.7 Å². The number of nitrogens with one attached hydrogen (secondary N) is 1. The molecule has 1 N–H and O–H groups in total. The predicted octanol–water partition coefficient (Wildman–Crippen LogP) is 3.63. The van der Waals surface area contributed by atoms with Gasteiger partial charge in [0.25, 0.3) is 5.91 Å². The Morgan fingerprint density at radius 2 is 2.00 bits per heavy atom. The number of esters is 2. The number of aromatic nitrogens is 1. The number of rotatable bonds is 6. The summed E-state index contributed by atoms with van der Waals surface area (Å²) in [7, 11) is 0. The molecular formula is C21H24N2O5S. The molecule has 0 fully saturated rings. The Balaban J connectivity index is 1.77. The molecular weight excluding hydrogens is 392 g/mol. The van der Waals surface area contributed by atoms with Crippen LogP contribution in [0.3, 0.4) is 0 Å². The Bertz CT molecular complexity index is 909. The zero-order chi connectivity index (χ0) is 21.0. The minimum Gasteiger partial charge on any atom is -0.462 e. The van der Waals surface area contributed by atoms with Gasteiger partial charge in [0.15, 0.2) is 6.10 Å². The highest BCUT2D eigenvalue weighted by Crippen LogP contribution is 2.40. The number of amides is 1. The summed E-state index contributed by atoms with van der Waals surface area (Å²) in [6, 6.07) is 3.03. The first-order valence-corrected chi connectivity index (χ1v) is 10.5. The Morgan fingerprint density at radius 1 is 1.28 bits per heavy atom. The fourth-order valence-corrected chi connectivity index (χ4v) is 4.64. The maximum absolute atomic E-state index is 12.6. The maximum Gasteiger partial charge on any atom is 0.341 e. The van der Waals surface area contributed by atoms with Crippen molar-refractivity contribution in [3.05, 3.63) is 46.1 Å². The maximum atomic E-state index is 12.6. The quantitative estimate of drug-likeness (QED) is 0.723. The molecule has 29 heavy (non-hydrogen) atoms. The van der Waals surface area contributed by atoms with E-state index >= 15 is 0 Å². The molecule has 1 aliphatic carbocycles. The van der Waals surface area contributed by atoms with Crippen LogP contribution in [0.25, 0.3) is 0 Å². The lowest BCUT2D eigenvalue weighted by Crippen LogP contribution is -2.30. The van der Waals surface area contributed by atoms with Gasteiger partial charge in [-0.05, 0) is 56.7 Å². The van der Waals surface area contributed by atoms with Gasteiger partial charge in [-0.2, -0.15) is 0 Å². The van der Waals surface area contributed by atoms with Crippen LogP contribution in [0.2, 0.25) is 0 Å². The van der Waals surface area contributed by atoms with E-state index in [9.17, 15) is 14.4 Å². The second kappa shape index (κ2) is 9.17. The number of anilines is 1. The van der Waals surface area contributed by atoms with E-state index in [1.54, 1.807) is 6.92 Å². The number of pyridine rings is 1. The number of carbonyl (C=O) groups excluding carboxylic acids is 3. The number of carbonyl (C=O) groups is 3. The van der Waals surface area contributed by atoms with Crippen molar-refractivity contribution in [2.24, 2.45) is 5.92 Å². The highest BCUT2D eigenvalue weighted by molar-refractivity contribution is 7.17. The van der Waals surface area contributed by atoms with Crippen LogP contribution in [0.1, 0.15) is 58.3 Å². The molecule has 154 valence electrons. The Kier molecular flexibility index (Phi) is 6.64. The summed E-state index contributed by atoms with van der Waals surface area (Å²) in [5.41, 5.74) is 1.70. The fraction of sp³-hybridized carbons (Fsp3) is 0.429. The van der Waals surface area contributed by atoms with Gasteiger partial charge in [0, 0.05) is 17.3 Å². The summed E-state index contributed by atoms with van der Waals surface area (Å²) in [5.74, 6) is -1.01. The normalized spacial score (nSPS) is 16.4. The van der Waals surface area contributed by atoms with E-state index < -0.39 is 23.9 Å². The molecule has 2 atom stereocenters. The van der Waals surface area contributed by atoms with Gasteiger partial charge in [-0.15, -0.1) is 11.3 Å². The summed E-state index contributed by atoms with van der Waals surface area (Å²) in [6.07, 6.45) is 4.57. The third kappa shape index (κ3) is 4.82. The largest absolute Gasteiger partial charge is 0.462 e. The van der Waals surface area contributed by atoms with E-state index in [2.05, 4.69) is 17.2 Å². The summed E-state index contributed by atoms with van der Waals surface area (Å²) >= 11 is 1.40. The molecule has 0 saturated carbocycles. The number of hydrogen-bond acceptors (Lipinski definition) is 7. The molecule has 0 aromatic carbocycles. The number of nitrogens with zero attached hydrogens (tertiary/aromatic N) is 1. The molecule has 1 amide bonds. The van der Waals surface area contributed by atoms with Gasteiger partial charge in [-0.25, -0.2) is 9.59 Å². The van der Waals surface area contributed by atoms with Crippen molar-refractivity contribution in [2.45, 2.75) is 46.1 Å². The molecule has 0 radical (unpaired) electrons. The fourth-order valence-electron chi connectivity index (χ4n) is 3.24. The van der Waals surface area contributed by atoms with Crippen molar-refractivity contribution in [1.29, 1.82) is 0 Å². The lowest BCUT2D eigenvalue weighted by Gasteiger charge is -2.18. The highest BCUT2D eigenvalue weighted by Gasteiger charge is 2.30. The summed E-state index contributed by atoms with van der Waals surface area (Å²) in [4.78, 5) is 42.3. The van der Waals surface area contributed by atoms with Gasteiger partial charge < -0.3 is 14.8 Å². The Labute approximate surface area is 173 Å². The minimum atomic E-state index is -1.02. The second-order valence-electron chi connectivity index (χ2n) is 7.05. The minimum absolute atomic E-state index is 0.257. The molecule has 2 heterocycles. The van der Waals surface area contributed by atoms with E-state index in [1.165, 1.54) is 42.8 Å². The topological polar surface area (TPSA) is 94.6 Å². The molecule has 0 saturated heterocycles. The van der Waals surface area contributed by atoms with E-state index in [1.807, 2.05) is 0 Å². The van der Waals surface area contributed by atoms with Crippen LogP contribution >= 0.6 is 11.3 Å². The molecule has 3 rings (SSSR count). The Hall–Kier alpha value is -2.74. The smallest absolute Gasteiger partial charge is 0.341 e. The molecule has 0 spiro atoms. The zero-order valence-corrected chi connectivity index (χ0v) is 17.5. The van der Waals surface area contributed by atoms with E-state index in [4.69, 9.17) is 9.47 Å². The number of hydrogen-bond donors (Lipinski definition) is 1. The third-order valence-corrected chi connectivity index (χ3v) is 5.97. The van der Waals surface area contributed by atoms with Crippen LogP contribution in [-0.2, 0) is 27.1 Å². The number of ether oxygens (including phenoxy) is 2. The molecule has 0 bridgehead atoms. The van der Waals surface area contributed by atoms with Crippen molar-refractivity contribution in [2.75, 3.05) is 11.9 Å². The lowest BCUT2D eigenvalue weighted by molar-refractivity contribution is -0.123. The Morgan fingerprint density at radius 3 is 2.69 bits per heavy atom. The van der Waals surface area contributed by atoms with Gasteiger partial charge in [0.1, 0.15) is 5.00 Å². The first-order valence-electron chi connectivity index (χ1n) is 9.64. The predicted molar refractivity (Wildman–Crippen MR) is 109 cm³/mol. The molecule has 2 unspecified atom stereocenters. The number of thiophene rings is 1. The molecule has 2 aromatic heterocycles. The second-order valence-corrected chi connectivity index (χ2v) is 8.15. The first-order chi connectivity index (χ1) is 13.9. The van der Waals surface area contributed by atoms with E-state index in [0.29, 0.717) is 22.0 Å². The van der Waals surface area contributed by atoms with Gasteiger partial charge in [-0.3, -0.25) is 9.78 Å². The number of fused-ring (bicyclic) bond motifs is 1. The summed E-state index contributed by atoms with van der Waals surface area (Å²) < 4.78 is 10.5. The van der Waals surface area contributed by atoms with E-state index in [0.717, 1.165) is 29.7 Å². The van der Waals surface area contributed by atoms with Crippen LogP contribution in [0.15, 0.2) is 24.5 Å². The first kappa shape index (κ1) is 21.0. The standard InChI is InChI=1S/C21H24N2O5S/c1-4-27-21(26)17-15-6-5-12(2)11-16(15)29-19(17)23-18(24)13(3)28-20(25)14-7-9-22-10-8-14/h7-10,12-13H,4-6,11H2,1-3H3,(H,23,24). The molecule has 2 aromatic rings. The van der Waals surface area contributed by atoms with Crippen LogP contribution in [0.4, 0.5) is 5.00 Å². The van der Waals surface area contributed by atoms with E-state index in [-0.39, 0.29) is 6.61 Å². The van der Waals surface area contributed by atoms with Crippen LogP contribution in [0.5, 0.6) is 0 Å². The third-order valence-electron chi connectivity index (χ3n) is 4.80. The lowest BCUT2D eigenvalue weighted by atomic mass is 9.88. The van der Waals surface area contributed by atoms with Crippen LogP contribution in [-0.4, -0.2) is 35.5 Å². The van der Waals surface area contributed by atoms with Gasteiger partial charge in [-0.1, -0.05) is 6.92 Å². The summed E-state index contributed by atoms with van der Waals surface area (Å²) in [5, 5.41) is 3.23. The highest BCUT2D eigenvalue weighted by atomic mass is 32.1. The zero-order valence-electron chi connectivity index (χ0n) is 16.7. The molecule has 0 aliphatic heterocycles. The molecule has 7 nitrogen and oxygen atoms in total. The van der Waals surface area contributed by atoms with Gasteiger partial charge in [0.2, 0.25) is 0 Å². The monoisotopic (exact) mass is 416 g/mol. The SMILES string of the molecule is CCOC(=O)c1c(NC(=O)C(C)OC(=O)c2ccncc2)sc2c1CCC(C)C2. The average molecular weight is 416 g/mol. The van der Waals surface area contributed by atoms with Crippen LogP contribution in [0, 0.1) is 5.92 Å². The van der Waals surface area contributed by atoms with Gasteiger partial charge >= 0.3 is 11.9 Å². The van der Waals surface area contributed by atoms with Crippen LogP contribution < -0.4 is 5.32 Å². The molecule has 8 heteroatoms.